The molecule has 3 heteroatoms. The first-order valence-electron chi connectivity index (χ1n) is 3.56. The van der Waals surface area contributed by atoms with Gasteiger partial charge in [0.1, 0.15) is 0 Å². The molecule has 1 aliphatic heterocycles. The molecule has 0 aromatic rings. The molecule has 0 radical (unpaired) electrons. The lowest BCUT2D eigenvalue weighted by Gasteiger charge is -2.15. The van der Waals surface area contributed by atoms with Crippen LogP contribution in [0.1, 0.15) is 19.8 Å². The molecular formula is C7H13NOS. The molecule has 1 heterocycles. The molecule has 0 saturated carbocycles. The van der Waals surface area contributed by atoms with E-state index >= 15 is 0 Å². The Morgan fingerprint density at radius 2 is 2.50 bits per heavy atom. The minimum absolute atomic E-state index is 0.214. The van der Waals surface area contributed by atoms with E-state index < -0.39 is 0 Å². The predicted molar refractivity (Wildman–Crippen MR) is 44.1 cm³/mol. The first-order chi connectivity index (χ1) is 4.74. The maximum Gasteiger partial charge on any atom is 0.220 e. The van der Waals surface area contributed by atoms with Gasteiger partial charge in [0.15, 0.2) is 0 Å². The largest absolute Gasteiger partial charge is 0.352 e. The van der Waals surface area contributed by atoms with Crippen molar-refractivity contribution in [1.82, 2.24) is 5.32 Å². The summed E-state index contributed by atoms with van der Waals surface area (Å²) in [6.45, 7) is 2.15. The van der Waals surface area contributed by atoms with E-state index in [1.165, 1.54) is 0 Å². The van der Waals surface area contributed by atoms with Crippen LogP contribution in [0.15, 0.2) is 0 Å². The van der Waals surface area contributed by atoms with Gasteiger partial charge in [0.25, 0.3) is 0 Å². The SMILES string of the molecule is CSC(C)C1CCC(=O)N1. The van der Waals surface area contributed by atoms with E-state index in [-0.39, 0.29) is 5.91 Å². The van der Waals surface area contributed by atoms with E-state index in [4.69, 9.17) is 0 Å². The van der Waals surface area contributed by atoms with Crippen LogP contribution in [0.3, 0.4) is 0 Å². The Morgan fingerprint density at radius 1 is 1.80 bits per heavy atom. The molecule has 1 rings (SSSR count). The van der Waals surface area contributed by atoms with Crippen LogP contribution in [0.2, 0.25) is 0 Å². The van der Waals surface area contributed by atoms with Crippen molar-refractivity contribution in [1.29, 1.82) is 0 Å². The Kier molecular flexibility index (Phi) is 2.60. The van der Waals surface area contributed by atoms with Crippen LogP contribution >= 0.6 is 11.8 Å². The number of hydrogen-bond acceptors (Lipinski definition) is 2. The molecule has 10 heavy (non-hydrogen) atoms. The third kappa shape index (κ3) is 1.66. The average molecular weight is 159 g/mol. The van der Waals surface area contributed by atoms with Crippen molar-refractivity contribution in [3.8, 4) is 0 Å². The number of amides is 1. The summed E-state index contributed by atoms with van der Waals surface area (Å²) < 4.78 is 0. The van der Waals surface area contributed by atoms with E-state index in [0.29, 0.717) is 11.3 Å². The third-order valence-corrected chi connectivity index (χ3v) is 3.04. The minimum atomic E-state index is 0.214. The lowest BCUT2D eigenvalue weighted by molar-refractivity contribution is -0.119. The summed E-state index contributed by atoms with van der Waals surface area (Å²) in [5, 5.41) is 3.51. The van der Waals surface area contributed by atoms with Crippen LogP contribution in [-0.4, -0.2) is 23.5 Å². The third-order valence-electron chi connectivity index (χ3n) is 1.97. The van der Waals surface area contributed by atoms with Crippen LogP contribution in [0.4, 0.5) is 0 Å². The molecule has 0 aromatic heterocycles. The van der Waals surface area contributed by atoms with Crippen molar-refractivity contribution in [2.45, 2.75) is 31.1 Å². The second-order valence-corrected chi connectivity index (χ2v) is 3.87. The molecule has 2 unspecified atom stereocenters. The Labute approximate surface area is 65.8 Å². The van der Waals surface area contributed by atoms with Crippen LogP contribution < -0.4 is 5.32 Å². The maximum absolute atomic E-state index is 10.8. The summed E-state index contributed by atoms with van der Waals surface area (Å²) >= 11 is 1.81. The predicted octanol–water partition coefficient (Wildman–Crippen LogP) is 1.02. The molecule has 58 valence electrons. The van der Waals surface area contributed by atoms with E-state index in [9.17, 15) is 4.79 Å². The van der Waals surface area contributed by atoms with Crippen molar-refractivity contribution in [3.63, 3.8) is 0 Å². The van der Waals surface area contributed by atoms with Gasteiger partial charge in [-0.05, 0) is 12.7 Å². The lowest BCUT2D eigenvalue weighted by Crippen LogP contribution is -2.32. The Balaban J connectivity index is 2.36. The number of nitrogens with one attached hydrogen (secondary N) is 1. The Hall–Kier alpha value is -0.180. The molecule has 0 spiro atoms. The van der Waals surface area contributed by atoms with Crippen molar-refractivity contribution >= 4 is 17.7 Å². The van der Waals surface area contributed by atoms with Gasteiger partial charge in [0.2, 0.25) is 5.91 Å². The molecule has 2 atom stereocenters. The number of carbonyl (C=O) groups is 1. The lowest BCUT2D eigenvalue weighted by atomic mass is 10.2. The molecule has 0 bridgehead atoms. The minimum Gasteiger partial charge on any atom is -0.352 e. The first kappa shape index (κ1) is 7.92. The van der Waals surface area contributed by atoms with Gasteiger partial charge < -0.3 is 5.32 Å². The van der Waals surface area contributed by atoms with Gasteiger partial charge in [-0.15, -0.1) is 0 Å². The molecule has 1 aliphatic rings. The van der Waals surface area contributed by atoms with Crippen molar-refractivity contribution in [3.05, 3.63) is 0 Å². The summed E-state index contributed by atoms with van der Waals surface area (Å²) in [6.07, 6.45) is 3.81. The summed E-state index contributed by atoms with van der Waals surface area (Å²) in [5.41, 5.74) is 0. The quantitative estimate of drug-likeness (QED) is 0.651. The van der Waals surface area contributed by atoms with Gasteiger partial charge in [-0.2, -0.15) is 11.8 Å². The van der Waals surface area contributed by atoms with E-state index in [2.05, 4.69) is 18.5 Å². The fourth-order valence-corrected chi connectivity index (χ4v) is 1.69. The molecule has 1 amide bonds. The fraction of sp³-hybridized carbons (Fsp3) is 0.857. The highest BCUT2D eigenvalue weighted by Crippen LogP contribution is 2.18. The molecule has 0 aromatic carbocycles. The number of thioether (sulfide) groups is 1. The van der Waals surface area contributed by atoms with Crippen molar-refractivity contribution in [2.24, 2.45) is 0 Å². The standard InChI is InChI=1S/C7H13NOS/c1-5(10-2)6-3-4-7(9)8-6/h5-6H,3-4H2,1-2H3,(H,8,9). The van der Waals surface area contributed by atoms with Gasteiger partial charge in [0, 0.05) is 17.7 Å². The van der Waals surface area contributed by atoms with E-state index in [1.807, 2.05) is 11.8 Å². The highest BCUT2D eigenvalue weighted by Gasteiger charge is 2.24. The van der Waals surface area contributed by atoms with E-state index in [0.717, 1.165) is 12.8 Å². The number of carbonyl (C=O) groups excluding carboxylic acids is 1. The number of hydrogen-bond donors (Lipinski definition) is 1. The van der Waals surface area contributed by atoms with Gasteiger partial charge >= 0.3 is 0 Å². The van der Waals surface area contributed by atoms with Crippen LogP contribution in [0, 0.1) is 0 Å². The number of rotatable bonds is 2. The monoisotopic (exact) mass is 159 g/mol. The van der Waals surface area contributed by atoms with Gasteiger partial charge in [-0.3, -0.25) is 4.79 Å². The van der Waals surface area contributed by atoms with Crippen molar-refractivity contribution in [2.75, 3.05) is 6.26 Å². The van der Waals surface area contributed by atoms with Crippen LogP contribution in [0.5, 0.6) is 0 Å². The Morgan fingerprint density at radius 3 is 2.90 bits per heavy atom. The highest BCUT2D eigenvalue weighted by atomic mass is 32.2. The summed E-state index contributed by atoms with van der Waals surface area (Å²) in [7, 11) is 0. The zero-order chi connectivity index (χ0) is 7.56. The molecule has 1 N–H and O–H groups in total. The van der Waals surface area contributed by atoms with Crippen LogP contribution in [-0.2, 0) is 4.79 Å². The zero-order valence-corrected chi connectivity index (χ0v) is 7.20. The highest BCUT2D eigenvalue weighted by molar-refractivity contribution is 7.99. The Bertz CT molecular complexity index is 138. The smallest absolute Gasteiger partial charge is 0.220 e. The molecular weight excluding hydrogens is 146 g/mol. The topological polar surface area (TPSA) is 29.1 Å². The van der Waals surface area contributed by atoms with E-state index in [1.54, 1.807) is 0 Å². The normalized spacial score (nSPS) is 28.2. The maximum atomic E-state index is 10.8. The average Bonchev–Trinajstić information content (AvgIpc) is 2.34. The molecule has 0 aliphatic carbocycles. The molecule has 1 saturated heterocycles. The second kappa shape index (κ2) is 3.28. The van der Waals surface area contributed by atoms with Crippen molar-refractivity contribution < 1.29 is 4.79 Å². The fourth-order valence-electron chi connectivity index (χ4n) is 1.15. The summed E-state index contributed by atoms with van der Waals surface area (Å²) in [5.74, 6) is 0.214. The van der Waals surface area contributed by atoms with Gasteiger partial charge in [-0.25, -0.2) is 0 Å². The van der Waals surface area contributed by atoms with Crippen LogP contribution in [0.25, 0.3) is 0 Å². The van der Waals surface area contributed by atoms with Gasteiger partial charge in [0.05, 0.1) is 0 Å². The summed E-state index contributed by atoms with van der Waals surface area (Å²) in [4.78, 5) is 10.8. The summed E-state index contributed by atoms with van der Waals surface area (Å²) in [6, 6.07) is 0.419. The zero-order valence-electron chi connectivity index (χ0n) is 6.39. The second-order valence-electron chi connectivity index (χ2n) is 2.65. The molecule has 1 fully saturated rings. The first-order valence-corrected chi connectivity index (χ1v) is 4.85. The molecule has 2 nitrogen and oxygen atoms in total. The van der Waals surface area contributed by atoms with Gasteiger partial charge in [-0.1, -0.05) is 6.92 Å².